The summed E-state index contributed by atoms with van der Waals surface area (Å²) in [6.45, 7) is 8.45. The molecule has 1 N–H and O–H groups in total. The fourth-order valence-electron chi connectivity index (χ4n) is 3.64. The summed E-state index contributed by atoms with van der Waals surface area (Å²) in [6, 6.07) is 18.3. The van der Waals surface area contributed by atoms with E-state index in [2.05, 4.69) is 36.9 Å². The Morgan fingerprint density at radius 1 is 1.10 bits per heavy atom. The number of nitrogens with zero attached hydrogens (tertiary/aromatic N) is 3. The number of hydrogen-bond donors (Lipinski definition) is 1. The van der Waals surface area contributed by atoms with Crippen molar-refractivity contribution in [2.75, 3.05) is 13.1 Å². The molecule has 30 heavy (non-hydrogen) atoms. The average Bonchev–Trinajstić information content (AvgIpc) is 3.04. The smallest absolute Gasteiger partial charge is 0.222 e. The first-order chi connectivity index (χ1) is 14.5. The van der Waals surface area contributed by atoms with E-state index in [4.69, 9.17) is 9.84 Å². The van der Waals surface area contributed by atoms with Gasteiger partial charge in [0.15, 0.2) is 0 Å². The number of rotatable bonds is 10. The van der Waals surface area contributed by atoms with Crippen molar-refractivity contribution in [3.63, 3.8) is 0 Å². The lowest BCUT2D eigenvalue weighted by atomic mass is 10.1. The van der Waals surface area contributed by atoms with Crippen molar-refractivity contribution in [1.82, 2.24) is 14.7 Å². The average molecular weight is 408 g/mol. The van der Waals surface area contributed by atoms with E-state index in [0.29, 0.717) is 13.1 Å². The Bertz CT molecular complexity index is 937. The van der Waals surface area contributed by atoms with Crippen LogP contribution in [-0.2, 0) is 13.6 Å². The minimum absolute atomic E-state index is 0.338. The largest absolute Gasteiger partial charge is 0.439 e. The second-order valence-electron chi connectivity index (χ2n) is 7.84. The molecule has 160 valence electrons. The van der Waals surface area contributed by atoms with Gasteiger partial charge < -0.3 is 9.84 Å². The van der Waals surface area contributed by atoms with Crippen LogP contribution in [0.3, 0.4) is 0 Å². The molecule has 0 saturated heterocycles. The minimum Gasteiger partial charge on any atom is -0.439 e. The molecule has 0 radical (unpaired) electrons. The SMILES string of the molecule is CCCN(Cc1c(-c2ccccc2)nn(C)c1Oc1cccc(C)c1)C[C@@H](O)CC. The topological polar surface area (TPSA) is 50.5 Å². The molecule has 0 aliphatic carbocycles. The first kappa shape index (κ1) is 22.1. The van der Waals surface area contributed by atoms with Crippen LogP contribution >= 0.6 is 0 Å². The zero-order valence-electron chi connectivity index (χ0n) is 18.5. The van der Waals surface area contributed by atoms with E-state index in [-0.39, 0.29) is 6.10 Å². The highest BCUT2D eigenvalue weighted by Crippen LogP contribution is 2.34. The molecular weight excluding hydrogens is 374 g/mol. The zero-order valence-corrected chi connectivity index (χ0v) is 18.5. The van der Waals surface area contributed by atoms with Gasteiger partial charge in [0.25, 0.3) is 0 Å². The summed E-state index contributed by atoms with van der Waals surface area (Å²) in [5.74, 6) is 1.54. The Labute approximate surface area is 179 Å². The molecule has 0 saturated carbocycles. The van der Waals surface area contributed by atoms with Crippen molar-refractivity contribution in [3.05, 3.63) is 65.7 Å². The maximum Gasteiger partial charge on any atom is 0.222 e. The number of aryl methyl sites for hydroxylation is 2. The van der Waals surface area contributed by atoms with E-state index < -0.39 is 0 Å². The van der Waals surface area contributed by atoms with Gasteiger partial charge in [-0.05, 0) is 44.0 Å². The summed E-state index contributed by atoms with van der Waals surface area (Å²) in [4.78, 5) is 2.29. The van der Waals surface area contributed by atoms with Gasteiger partial charge in [0.1, 0.15) is 11.4 Å². The molecule has 3 rings (SSSR count). The van der Waals surface area contributed by atoms with Gasteiger partial charge >= 0.3 is 0 Å². The van der Waals surface area contributed by atoms with Crippen LogP contribution in [0.25, 0.3) is 11.3 Å². The van der Waals surface area contributed by atoms with Crippen molar-refractivity contribution in [3.8, 4) is 22.9 Å². The fourth-order valence-corrected chi connectivity index (χ4v) is 3.64. The molecule has 1 atom stereocenters. The molecule has 3 aromatic rings. The van der Waals surface area contributed by atoms with Crippen LogP contribution in [0.4, 0.5) is 0 Å². The Hall–Kier alpha value is -2.63. The van der Waals surface area contributed by atoms with Crippen molar-refractivity contribution < 1.29 is 9.84 Å². The zero-order chi connectivity index (χ0) is 21.5. The Balaban J connectivity index is 2.02. The highest BCUT2D eigenvalue weighted by Gasteiger charge is 2.23. The highest BCUT2D eigenvalue weighted by molar-refractivity contribution is 5.65. The first-order valence-electron chi connectivity index (χ1n) is 10.8. The molecular formula is C25H33N3O2. The third-order valence-electron chi connectivity index (χ3n) is 5.20. The summed E-state index contributed by atoms with van der Waals surface area (Å²) in [7, 11) is 1.92. The number of aliphatic hydroxyl groups excluding tert-OH is 1. The highest BCUT2D eigenvalue weighted by atomic mass is 16.5. The van der Waals surface area contributed by atoms with Gasteiger partial charge in [0, 0.05) is 25.7 Å². The molecule has 0 aliphatic heterocycles. The predicted octanol–water partition coefficient (Wildman–Crippen LogP) is 5.17. The van der Waals surface area contributed by atoms with E-state index in [1.807, 2.05) is 55.1 Å². The van der Waals surface area contributed by atoms with Crippen molar-refractivity contribution in [1.29, 1.82) is 0 Å². The number of aromatic nitrogens is 2. The lowest BCUT2D eigenvalue weighted by molar-refractivity contribution is 0.105. The van der Waals surface area contributed by atoms with Gasteiger partial charge in [0.05, 0.1) is 11.7 Å². The van der Waals surface area contributed by atoms with Gasteiger partial charge in [-0.3, -0.25) is 4.90 Å². The molecule has 0 spiro atoms. The van der Waals surface area contributed by atoms with Crippen LogP contribution in [0.15, 0.2) is 54.6 Å². The number of ether oxygens (including phenoxy) is 1. The van der Waals surface area contributed by atoms with E-state index >= 15 is 0 Å². The van der Waals surface area contributed by atoms with Crippen LogP contribution in [0.2, 0.25) is 0 Å². The second-order valence-corrected chi connectivity index (χ2v) is 7.84. The normalized spacial score (nSPS) is 12.3. The summed E-state index contributed by atoms with van der Waals surface area (Å²) >= 11 is 0. The standard InChI is InChI=1S/C25H33N3O2/c1-5-15-28(17-21(29)6-2)18-23-24(20-12-8-7-9-13-20)26-27(4)25(23)30-22-14-10-11-19(3)16-22/h7-14,16,21,29H,5-6,15,17-18H2,1-4H3/t21-/m0/s1. The number of benzene rings is 2. The van der Waals surface area contributed by atoms with Crippen LogP contribution in [-0.4, -0.2) is 39.0 Å². The van der Waals surface area contributed by atoms with Crippen molar-refractivity contribution in [2.45, 2.75) is 46.3 Å². The van der Waals surface area contributed by atoms with Crippen LogP contribution in [0, 0.1) is 6.92 Å². The van der Waals surface area contributed by atoms with Crippen LogP contribution in [0.5, 0.6) is 11.6 Å². The predicted molar refractivity (Wildman–Crippen MR) is 122 cm³/mol. The minimum atomic E-state index is -0.338. The van der Waals surface area contributed by atoms with Gasteiger partial charge in [-0.15, -0.1) is 0 Å². The summed E-state index contributed by atoms with van der Waals surface area (Å²) in [6.07, 6.45) is 1.42. The van der Waals surface area contributed by atoms with Crippen molar-refractivity contribution >= 4 is 0 Å². The summed E-state index contributed by atoms with van der Waals surface area (Å²) in [5.41, 5.74) is 4.18. The molecule has 0 amide bonds. The number of aliphatic hydroxyl groups is 1. The first-order valence-corrected chi connectivity index (χ1v) is 10.8. The molecule has 0 unspecified atom stereocenters. The molecule has 0 fully saturated rings. The lowest BCUT2D eigenvalue weighted by Gasteiger charge is -2.24. The fraction of sp³-hybridized carbons (Fsp3) is 0.400. The third-order valence-corrected chi connectivity index (χ3v) is 5.20. The molecule has 1 aromatic heterocycles. The molecule has 2 aromatic carbocycles. The van der Waals surface area contributed by atoms with E-state index in [0.717, 1.165) is 53.4 Å². The summed E-state index contributed by atoms with van der Waals surface area (Å²) < 4.78 is 8.16. The van der Waals surface area contributed by atoms with E-state index in [1.165, 1.54) is 0 Å². The van der Waals surface area contributed by atoms with Crippen LogP contribution in [0.1, 0.15) is 37.8 Å². The van der Waals surface area contributed by atoms with Gasteiger partial charge in [-0.1, -0.05) is 56.3 Å². The van der Waals surface area contributed by atoms with Gasteiger partial charge in [0.2, 0.25) is 5.88 Å². The number of hydrogen-bond acceptors (Lipinski definition) is 4. The third kappa shape index (κ3) is 5.49. The van der Waals surface area contributed by atoms with Crippen molar-refractivity contribution in [2.24, 2.45) is 7.05 Å². The molecule has 0 aliphatic rings. The summed E-state index contributed by atoms with van der Waals surface area (Å²) in [5, 5.41) is 15.1. The quantitative estimate of drug-likeness (QED) is 0.504. The monoisotopic (exact) mass is 407 g/mol. The Morgan fingerprint density at radius 3 is 2.53 bits per heavy atom. The second kappa shape index (κ2) is 10.4. The molecule has 0 bridgehead atoms. The van der Waals surface area contributed by atoms with E-state index in [1.54, 1.807) is 0 Å². The molecule has 1 heterocycles. The molecule has 5 heteroatoms. The van der Waals surface area contributed by atoms with Gasteiger partial charge in [-0.2, -0.15) is 5.10 Å². The van der Waals surface area contributed by atoms with Gasteiger partial charge in [-0.25, -0.2) is 4.68 Å². The van der Waals surface area contributed by atoms with Crippen LogP contribution < -0.4 is 4.74 Å². The molecule has 5 nitrogen and oxygen atoms in total. The lowest BCUT2D eigenvalue weighted by Crippen LogP contribution is -2.32. The maximum atomic E-state index is 10.3. The van der Waals surface area contributed by atoms with E-state index in [9.17, 15) is 5.11 Å². The Morgan fingerprint density at radius 2 is 1.87 bits per heavy atom. The maximum absolute atomic E-state index is 10.3. The Kier molecular flexibility index (Phi) is 7.66.